The van der Waals surface area contributed by atoms with Crippen LogP contribution in [0.1, 0.15) is 11.4 Å². The van der Waals surface area contributed by atoms with Crippen molar-refractivity contribution < 1.29 is 8.91 Å². The van der Waals surface area contributed by atoms with Crippen LogP contribution in [0.3, 0.4) is 0 Å². The van der Waals surface area contributed by atoms with Gasteiger partial charge in [-0.15, -0.1) is 0 Å². The molecule has 0 bridgehead atoms. The topological polar surface area (TPSA) is 38.9 Å². The van der Waals surface area contributed by atoms with E-state index < -0.39 is 0 Å². The Kier molecular flexibility index (Phi) is 2.04. The first kappa shape index (κ1) is 8.87. The van der Waals surface area contributed by atoms with Gasteiger partial charge in [0.1, 0.15) is 5.82 Å². The van der Waals surface area contributed by atoms with Gasteiger partial charge in [-0.3, -0.25) is 0 Å². The number of aromatic nitrogens is 2. The molecule has 0 unspecified atom stereocenters. The maximum absolute atomic E-state index is 13.0. The molecule has 0 amide bonds. The molecule has 0 aliphatic rings. The van der Waals surface area contributed by atoms with E-state index >= 15 is 0 Å². The van der Waals surface area contributed by atoms with Crippen molar-refractivity contribution in [3.05, 3.63) is 35.4 Å². The molecule has 0 aliphatic heterocycles. The highest BCUT2D eigenvalue weighted by Crippen LogP contribution is 2.19. The molecule has 0 saturated carbocycles. The summed E-state index contributed by atoms with van der Waals surface area (Å²) in [5, 5.41) is 3.67. The maximum atomic E-state index is 13.0. The van der Waals surface area contributed by atoms with E-state index in [2.05, 4.69) is 10.1 Å². The average molecular weight is 192 g/mol. The van der Waals surface area contributed by atoms with Gasteiger partial charge in [0.2, 0.25) is 0 Å². The van der Waals surface area contributed by atoms with Gasteiger partial charge in [0.05, 0.1) is 0 Å². The minimum absolute atomic E-state index is 0.231. The fourth-order valence-corrected chi connectivity index (χ4v) is 1.19. The van der Waals surface area contributed by atoms with Crippen molar-refractivity contribution >= 4 is 0 Å². The molecule has 2 rings (SSSR count). The minimum Gasteiger partial charge on any atom is -0.334 e. The molecule has 72 valence electrons. The van der Waals surface area contributed by atoms with Crippen LogP contribution in [0.2, 0.25) is 0 Å². The van der Waals surface area contributed by atoms with E-state index in [0.29, 0.717) is 17.3 Å². The van der Waals surface area contributed by atoms with Gasteiger partial charge < -0.3 is 4.52 Å². The minimum atomic E-state index is -0.231. The average Bonchev–Trinajstić information content (AvgIpc) is 2.57. The highest BCUT2D eigenvalue weighted by atomic mass is 19.1. The Labute approximate surface area is 80.6 Å². The SMILES string of the molecule is Cc1noc(-c2ccc(F)c(C)c2)n1. The van der Waals surface area contributed by atoms with Crippen LogP contribution in [0.25, 0.3) is 11.5 Å². The molecule has 0 aliphatic carbocycles. The number of hydrogen-bond donors (Lipinski definition) is 0. The lowest BCUT2D eigenvalue weighted by Crippen LogP contribution is -1.84. The number of rotatable bonds is 1. The molecular weight excluding hydrogens is 183 g/mol. The Morgan fingerprint density at radius 1 is 1.29 bits per heavy atom. The summed E-state index contributed by atoms with van der Waals surface area (Å²) in [4.78, 5) is 4.05. The first-order valence-corrected chi connectivity index (χ1v) is 4.23. The highest BCUT2D eigenvalue weighted by molar-refractivity contribution is 5.54. The lowest BCUT2D eigenvalue weighted by Gasteiger charge is -1.97. The first-order chi connectivity index (χ1) is 6.66. The largest absolute Gasteiger partial charge is 0.334 e. The summed E-state index contributed by atoms with van der Waals surface area (Å²) in [6.45, 7) is 3.44. The van der Waals surface area contributed by atoms with Crippen LogP contribution in [0.4, 0.5) is 4.39 Å². The van der Waals surface area contributed by atoms with Gasteiger partial charge in [-0.1, -0.05) is 5.16 Å². The monoisotopic (exact) mass is 192 g/mol. The molecule has 0 fully saturated rings. The first-order valence-electron chi connectivity index (χ1n) is 4.23. The van der Waals surface area contributed by atoms with Gasteiger partial charge >= 0.3 is 0 Å². The quantitative estimate of drug-likeness (QED) is 0.696. The molecule has 0 spiro atoms. The van der Waals surface area contributed by atoms with E-state index in [0.717, 1.165) is 5.56 Å². The fourth-order valence-electron chi connectivity index (χ4n) is 1.19. The molecule has 4 heteroatoms. The van der Waals surface area contributed by atoms with Crippen LogP contribution in [0.5, 0.6) is 0 Å². The van der Waals surface area contributed by atoms with Crippen LogP contribution >= 0.6 is 0 Å². The van der Waals surface area contributed by atoms with Crippen molar-refractivity contribution in [2.75, 3.05) is 0 Å². The van der Waals surface area contributed by atoms with Crippen LogP contribution in [0.15, 0.2) is 22.7 Å². The molecular formula is C10H9FN2O. The van der Waals surface area contributed by atoms with E-state index in [4.69, 9.17) is 4.52 Å². The Bertz CT molecular complexity index is 465. The van der Waals surface area contributed by atoms with E-state index in [1.165, 1.54) is 6.07 Å². The number of benzene rings is 1. The number of halogens is 1. The molecule has 0 saturated heterocycles. The zero-order valence-corrected chi connectivity index (χ0v) is 7.91. The standard InChI is InChI=1S/C10H9FN2O/c1-6-5-8(3-4-9(6)11)10-12-7(2)13-14-10/h3-5H,1-2H3. The Morgan fingerprint density at radius 3 is 2.64 bits per heavy atom. The Morgan fingerprint density at radius 2 is 2.07 bits per heavy atom. The Balaban J connectivity index is 2.47. The van der Waals surface area contributed by atoms with Crippen molar-refractivity contribution in [2.24, 2.45) is 0 Å². The van der Waals surface area contributed by atoms with Crippen LogP contribution < -0.4 is 0 Å². The van der Waals surface area contributed by atoms with Crippen LogP contribution in [-0.2, 0) is 0 Å². The predicted molar refractivity (Wildman–Crippen MR) is 49.2 cm³/mol. The zero-order chi connectivity index (χ0) is 10.1. The summed E-state index contributed by atoms with van der Waals surface area (Å²) >= 11 is 0. The molecule has 0 atom stereocenters. The maximum Gasteiger partial charge on any atom is 0.257 e. The summed E-state index contributed by atoms with van der Waals surface area (Å²) < 4.78 is 17.9. The van der Waals surface area contributed by atoms with Crippen LogP contribution in [-0.4, -0.2) is 10.1 Å². The van der Waals surface area contributed by atoms with Crippen LogP contribution in [0, 0.1) is 19.7 Å². The molecule has 0 N–H and O–H groups in total. The summed E-state index contributed by atoms with van der Waals surface area (Å²) in [7, 11) is 0. The fraction of sp³-hybridized carbons (Fsp3) is 0.200. The van der Waals surface area contributed by atoms with Gasteiger partial charge in [0.15, 0.2) is 5.82 Å². The van der Waals surface area contributed by atoms with Crippen molar-refractivity contribution in [3.63, 3.8) is 0 Å². The Hall–Kier alpha value is -1.71. The molecule has 1 heterocycles. The van der Waals surface area contributed by atoms with E-state index in [1.807, 2.05) is 0 Å². The van der Waals surface area contributed by atoms with Gasteiger partial charge in [-0.25, -0.2) is 4.39 Å². The second-order valence-electron chi connectivity index (χ2n) is 3.11. The van der Waals surface area contributed by atoms with Crippen molar-refractivity contribution in [2.45, 2.75) is 13.8 Å². The predicted octanol–water partition coefficient (Wildman–Crippen LogP) is 2.49. The van der Waals surface area contributed by atoms with E-state index in [1.54, 1.807) is 26.0 Å². The van der Waals surface area contributed by atoms with Gasteiger partial charge in [-0.05, 0) is 37.6 Å². The molecule has 3 nitrogen and oxygen atoms in total. The third kappa shape index (κ3) is 1.51. The molecule has 1 aromatic carbocycles. The third-order valence-corrected chi connectivity index (χ3v) is 1.93. The lowest BCUT2D eigenvalue weighted by molar-refractivity contribution is 0.425. The van der Waals surface area contributed by atoms with E-state index in [9.17, 15) is 4.39 Å². The summed E-state index contributed by atoms with van der Waals surface area (Å²) in [5.41, 5.74) is 1.31. The zero-order valence-electron chi connectivity index (χ0n) is 7.91. The molecule has 0 radical (unpaired) electrons. The molecule has 1 aromatic heterocycles. The number of nitrogens with zero attached hydrogens (tertiary/aromatic N) is 2. The van der Waals surface area contributed by atoms with Gasteiger partial charge in [0.25, 0.3) is 5.89 Å². The molecule has 14 heavy (non-hydrogen) atoms. The third-order valence-electron chi connectivity index (χ3n) is 1.93. The van der Waals surface area contributed by atoms with Gasteiger partial charge in [0, 0.05) is 5.56 Å². The molecule has 2 aromatic rings. The smallest absolute Gasteiger partial charge is 0.257 e. The number of hydrogen-bond acceptors (Lipinski definition) is 3. The number of aryl methyl sites for hydroxylation is 2. The van der Waals surface area contributed by atoms with Crippen molar-refractivity contribution in [1.82, 2.24) is 10.1 Å². The van der Waals surface area contributed by atoms with Crippen molar-refractivity contribution in [3.8, 4) is 11.5 Å². The lowest BCUT2D eigenvalue weighted by atomic mass is 10.1. The second-order valence-corrected chi connectivity index (χ2v) is 3.11. The van der Waals surface area contributed by atoms with Crippen molar-refractivity contribution in [1.29, 1.82) is 0 Å². The second kappa shape index (κ2) is 3.21. The summed E-state index contributed by atoms with van der Waals surface area (Å²) in [6, 6.07) is 4.70. The van der Waals surface area contributed by atoms with E-state index in [-0.39, 0.29) is 5.82 Å². The summed E-state index contributed by atoms with van der Waals surface area (Å²) in [6.07, 6.45) is 0. The van der Waals surface area contributed by atoms with Gasteiger partial charge in [-0.2, -0.15) is 4.98 Å². The summed E-state index contributed by atoms with van der Waals surface area (Å²) in [5.74, 6) is 0.762. The normalized spacial score (nSPS) is 10.5. The highest BCUT2D eigenvalue weighted by Gasteiger charge is 2.07.